The number of H-pyrrole nitrogens is 1. The van der Waals surface area contributed by atoms with Crippen LogP contribution in [-0.2, 0) is 0 Å². The van der Waals surface area contributed by atoms with Crippen molar-refractivity contribution in [3.05, 3.63) is 74.9 Å². The second-order valence-electron chi connectivity index (χ2n) is 6.31. The normalized spacial score (nSPS) is 10.9. The second-order valence-corrected chi connectivity index (χ2v) is 7.53. The maximum atomic E-state index is 12.6. The summed E-state index contributed by atoms with van der Waals surface area (Å²) in [5.41, 5.74) is 3.20. The van der Waals surface area contributed by atoms with Gasteiger partial charge in [0.2, 0.25) is 5.95 Å². The summed E-state index contributed by atoms with van der Waals surface area (Å²) in [5.74, 6) is 0.531. The summed E-state index contributed by atoms with van der Waals surface area (Å²) in [7, 11) is 0. The lowest BCUT2D eigenvalue weighted by Crippen LogP contribution is -2.12. The molecule has 29 heavy (non-hydrogen) atoms. The van der Waals surface area contributed by atoms with E-state index in [9.17, 15) is 4.79 Å². The summed E-state index contributed by atoms with van der Waals surface area (Å²) < 4.78 is 0. The highest BCUT2D eigenvalue weighted by atomic mass is 35.5. The van der Waals surface area contributed by atoms with Gasteiger partial charge in [-0.15, -0.1) is 0 Å². The van der Waals surface area contributed by atoms with Gasteiger partial charge in [-0.3, -0.25) is 4.79 Å². The molecule has 0 saturated carbocycles. The van der Waals surface area contributed by atoms with E-state index < -0.39 is 0 Å². The largest absolute Gasteiger partial charge is 0.324 e. The van der Waals surface area contributed by atoms with Gasteiger partial charge in [-0.05, 0) is 48.9 Å². The van der Waals surface area contributed by atoms with E-state index in [0.29, 0.717) is 49.1 Å². The van der Waals surface area contributed by atoms with E-state index in [2.05, 4.69) is 25.6 Å². The van der Waals surface area contributed by atoms with Crippen LogP contribution in [0.4, 0.5) is 17.5 Å². The number of carbonyl (C=O) groups is 1. The van der Waals surface area contributed by atoms with Crippen molar-refractivity contribution in [2.24, 2.45) is 0 Å². The zero-order chi connectivity index (χ0) is 20.5. The van der Waals surface area contributed by atoms with E-state index in [1.54, 1.807) is 48.7 Å². The molecule has 6 nitrogen and oxygen atoms in total. The summed E-state index contributed by atoms with van der Waals surface area (Å²) in [5, 5.41) is 7.29. The van der Waals surface area contributed by atoms with Crippen LogP contribution in [0.2, 0.25) is 15.1 Å². The number of imidazole rings is 1. The van der Waals surface area contributed by atoms with Gasteiger partial charge < -0.3 is 15.6 Å². The Morgan fingerprint density at radius 3 is 2.52 bits per heavy atom. The van der Waals surface area contributed by atoms with E-state index in [4.69, 9.17) is 34.8 Å². The quantitative estimate of drug-likeness (QED) is 0.347. The van der Waals surface area contributed by atoms with Gasteiger partial charge in [0.1, 0.15) is 5.82 Å². The van der Waals surface area contributed by atoms with Gasteiger partial charge in [-0.1, -0.05) is 40.9 Å². The van der Waals surface area contributed by atoms with Crippen LogP contribution in [0.3, 0.4) is 0 Å². The highest BCUT2D eigenvalue weighted by molar-refractivity contribution is 6.39. The summed E-state index contributed by atoms with van der Waals surface area (Å²) >= 11 is 18.5. The number of fused-ring (bicyclic) bond motifs is 1. The van der Waals surface area contributed by atoms with E-state index in [0.717, 1.165) is 5.56 Å². The molecule has 0 aliphatic heterocycles. The van der Waals surface area contributed by atoms with E-state index >= 15 is 0 Å². The molecule has 2 heterocycles. The standard InChI is InChI=1S/C20H14Cl3N5O/c1-10-9-24-17(8-14(10)23)27-19(29)11-5-6-15-16(7-11)26-20(25-15)28-18-12(21)3-2-4-13(18)22/h2-9H,1H3,(H,24,27,29)(H2,25,26,28). The van der Waals surface area contributed by atoms with Crippen molar-refractivity contribution >= 4 is 69.2 Å². The molecule has 4 aromatic rings. The predicted molar refractivity (Wildman–Crippen MR) is 118 cm³/mol. The number of rotatable bonds is 4. The Morgan fingerprint density at radius 1 is 1.03 bits per heavy atom. The number of halogens is 3. The molecule has 0 bridgehead atoms. The van der Waals surface area contributed by atoms with Crippen molar-refractivity contribution in [1.82, 2.24) is 15.0 Å². The Balaban J connectivity index is 1.58. The molecule has 0 radical (unpaired) electrons. The first-order valence-corrected chi connectivity index (χ1v) is 9.68. The van der Waals surface area contributed by atoms with Gasteiger partial charge in [0.25, 0.3) is 5.91 Å². The van der Waals surface area contributed by atoms with E-state index in [-0.39, 0.29) is 5.91 Å². The maximum Gasteiger partial charge on any atom is 0.256 e. The van der Waals surface area contributed by atoms with Gasteiger partial charge in [0, 0.05) is 16.8 Å². The third-order valence-corrected chi connectivity index (χ3v) is 5.27. The molecule has 0 spiro atoms. The second kappa shape index (κ2) is 7.91. The number of aromatic nitrogens is 3. The Hall–Kier alpha value is -2.80. The molecule has 0 aliphatic carbocycles. The highest BCUT2D eigenvalue weighted by Crippen LogP contribution is 2.32. The fourth-order valence-electron chi connectivity index (χ4n) is 2.70. The summed E-state index contributed by atoms with van der Waals surface area (Å²) in [6, 6.07) is 12.0. The van der Waals surface area contributed by atoms with Crippen molar-refractivity contribution in [2.45, 2.75) is 6.92 Å². The molecule has 1 amide bonds. The van der Waals surface area contributed by atoms with Gasteiger partial charge in [-0.2, -0.15) is 0 Å². The molecule has 0 fully saturated rings. The monoisotopic (exact) mass is 445 g/mol. The number of aromatic amines is 1. The van der Waals surface area contributed by atoms with Gasteiger partial charge >= 0.3 is 0 Å². The lowest BCUT2D eigenvalue weighted by atomic mass is 10.2. The van der Waals surface area contributed by atoms with Crippen molar-refractivity contribution < 1.29 is 4.79 Å². The van der Waals surface area contributed by atoms with Crippen molar-refractivity contribution in [2.75, 3.05) is 10.6 Å². The lowest BCUT2D eigenvalue weighted by molar-refractivity contribution is 0.102. The van der Waals surface area contributed by atoms with Crippen LogP contribution < -0.4 is 10.6 Å². The number of aryl methyl sites for hydroxylation is 1. The first kappa shape index (κ1) is 19.5. The first-order valence-electron chi connectivity index (χ1n) is 8.55. The molecule has 0 unspecified atom stereocenters. The number of pyridine rings is 1. The van der Waals surface area contributed by atoms with Gasteiger partial charge in [-0.25, -0.2) is 9.97 Å². The van der Waals surface area contributed by atoms with Crippen LogP contribution in [0, 0.1) is 6.92 Å². The summed E-state index contributed by atoms with van der Waals surface area (Å²) in [4.78, 5) is 24.3. The van der Waals surface area contributed by atoms with Crippen LogP contribution in [0.5, 0.6) is 0 Å². The molecule has 9 heteroatoms. The van der Waals surface area contributed by atoms with Crippen LogP contribution in [0.15, 0.2) is 48.7 Å². The highest BCUT2D eigenvalue weighted by Gasteiger charge is 2.12. The average molecular weight is 447 g/mol. The topological polar surface area (TPSA) is 82.7 Å². The summed E-state index contributed by atoms with van der Waals surface area (Å²) in [6.45, 7) is 1.84. The number of nitrogens with one attached hydrogen (secondary N) is 3. The molecular weight excluding hydrogens is 433 g/mol. The lowest BCUT2D eigenvalue weighted by Gasteiger charge is -2.07. The number of para-hydroxylation sites is 1. The van der Waals surface area contributed by atoms with Crippen LogP contribution >= 0.6 is 34.8 Å². The Labute approximate surface area is 181 Å². The number of nitrogens with zero attached hydrogens (tertiary/aromatic N) is 2. The third kappa shape index (κ3) is 4.15. The minimum Gasteiger partial charge on any atom is -0.324 e. The number of hydrogen-bond donors (Lipinski definition) is 3. The molecule has 3 N–H and O–H groups in total. The molecule has 0 atom stereocenters. The minimum atomic E-state index is -0.308. The van der Waals surface area contributed by atoms with Gasteiger partial charge in [0.15, 0.2) is 0 Å². The molecule has 4 rings (SSSR count). The summed E-state index contributed by atoms with van der Waals surface area (Å²) in [6.07, 6.45) is 1.60. The zero-order valence-corrected chi connectivity index (χ0v) is 17.3. The smallest absolute Gasteiger partial charge is 0.256 e. The average Bonchev–Trinajstić information content (AvgIpc) is 3.09. The molecule has 2 aromatic heterocycles. The Kier molecular flexibility index (Phi) is 5.32. The molecule has 146 valence electrons. The number of amides is 1. The van der Waals surface area contributed by atoms with Crippen molar-refractivity contribution in [3.63, 3.8) is 0 Å². The number of hydrogen-bond acceptors (Lipinski definition) is 4. The SMILES string of the molecule is Cc1cnc(NC(=O)c2ccc3nc(Nc4c(Cl)cccc4Cl)[nH]c3c2)cc1Cl. The van der Waals surface area contributed by atoms with Crippen molar-refractivity contribution in [1.29, 1.82) is 0 Å². The number of carbonyl (C=O) groups excluding carboxylic acids is 1. The molecule has 0 aliphatic rings. The third-order valence-electron chi connectivity index (χ3n) is 4.23. The fraction of sp³-hybridized carbons (Fsp3) is 0.0500. The van der Waals surface area contributed by atoms with E-state index in [1.165, 1.54) is 0 Å². The molecule has 2 aromatic carbocycles. The maximum absolute atomic E-state index is 12.6. The Morgan fingerprint density at radius 2 is 1.79 bits per heavy atom. The van der Waals surface area contributed by atoms with Crippen LogP contribution in [0.1, 0.15) is 15.9 Å². The number of anilines is 3. The van der Waals surface area contributed by atoms with Crippen molar-refractivity contribution in [3.8, 4) is 0 Å². The molecular formula is C20H14Cl3N5O. The van der Waals surface area contributed by atoms with E-state index in [1.807, 2.05) is 6.92 Å². The zero-order valence-electron chi connectivity index (χ0n) is 15.1. The molecule has 0 saturated heterocycles. The van der Waals surface area contributed by atoms with Crippen LogP contribution in [-0.4, -0.2) is 20.9 Å². The van der Waals surface area contributed by atoms with Gasteiger partial charge in [0.05, 0.1) is 26.8 Å². The minimum absolute atomic E-state index is 0.308. The number of benzene rings is 2. The fourth-order valence-corrected chi connectivity index (χ4v) is 3.35. The Bertz CT molecular complexity index is 1220. The van der Waals surface area contributed by atoms with Crippen LogP contribution in [0.25, 0.3) is 11.0 Å². The predicted octanol–water partition coefficient (Wildman–Crippen LogP) is 6.22. The first-order chi connectivity index (χ1) is 13.9.